The number of furan rings is 1. The van der Waals surface area contributed by atoms with E-state index in [1.165, 1.54) is 0 Å². The monoisotopic (exact) mass is 285 g/mol. The number of halogens is 1. The van der Waals surface area contributed by atoms with Crippen LogP contribution in [0.25, 0.3) is 0 Å². The molecule has 0 aromatic carbocycles. The first-order valence-corrected chi connectivity index (χ1v) is 5.89. The van der Waals surface area contributed by atoms with E-state index in [0.717, 1.165) is 0 Å². The van der Waals surface area contributed by atoms with Gasteiger partial charge < -0.3 is 14.3 Å². The van der Waals surface area contributed by atoms with Crippen LogP contribution in [0.4, 0.5) is 0 Å². The van der Waals surface area contributed by atoms with Crippen molar-refractivity contribution in [2.45, 2.75) is 18.9 Å². The van der Waals surface area contributed by atoms with Gasteiger partial charge in [0.05, 0.1) is 11.5 Å². The molecule has 1 saturated heterocycles. The van der Waals surface area contributed by atoms with Crippen LogP contribution < -0.4 is 0 Å². The van der Waals surface area contributed by atoms with Gasteiger partial charge in [-0.1, -0.05) is 0 Å². The summed E-state index contributed by atoms with van der Waals surface area (Å²) in [6.45, 7) is 1.01. The normalized spacial score (nSPS) is 21.3. The van der Waals surface area contributed by atoms with Crippen molar-refractivity contribution in [3.63, 3.8) is 0 Å². The van der Waals surface area contributed by atoms with Gasteiger partial charge in [0.25, 0.3) is 0 Å². The first-order chi connectivity index (χ1) is 7.68. The molecule has 1 aliphatic heterocycles. The lowest BCUT2D eigenvalue weighted by molar-refractivity contribution is -0.0394. The maximum atomic E-state index is 10.2. The molecule has 1 N–H and O–H groups in total. The minimum absolute atomic E-state index is 0.426. The molecule has 1 aliphatic rings. The highest BCUT2D eigenvalue weighted by atomic mass is 79.9. The lowest BCUT2D eigenvalue weighted by Crippen LogP contribution is -2.34. The highest BCUT2D eigenvalue weighted by Crippen LogP contribution is 2.42. The van der Waals surface area contributed by atoms with Gasteiger partial charge in [0.1, 0.15) is 11.9 Å². The Kier molecular flexibility index (Phi) is 3.33. The molecule has 0 radical (unpaired) electrons. The number of hydrogen-bond acceptors (Lipinski definition) is 4. The second-order valence-corrected chi connectivity index (χ2v) is 4.71. The summed E-state index contributed by atoms with van der Waals surface area (Å²) in [6, 6.07) is 5.61. The number of hydrogen-bond donors (Lipinski definition) is 1. The number of ether oxygens (including phenoxy) is 1. The van der Waals surface area contributed by atoms with Gasteiger partial charge in [-0.3, -0.25) is 0 Å². The van der Waals surface area contributed by atoms with Crippen molar-refractivity contribution in [1.29, 1.82) is 5.26 Å². The minimum Gasteiger partial charge on any atom is -0.452 e. The molecule has 86 valence electrons. The zero-order chi connectivity index (χ0) is 11.6. The number of rotatable bonds is 2. The fourth-order valence-electron chi connectivity index (χ4n) is 1.93. The Hall–Kier alpha value is -0.830. The van der Waals surface area contributed by atoms with Crippen LogP contribution in [-0.4, -0.2) is 18.3 Å². The summed E-state index contributed by atoms with van der Waals surface area (Å²) >= 11 is 3.18. The van der Waals surface area contributed by atoms with Gasteiger partial charge in [-0.2, -0.15) is 5.26 Å². The molecule has 0 amide bonds. The molecular formula is C11H12BrNO3. The van der Waals surface area contributed by atoms with E-state index in [0.29, 0.717) is 36.5 Å². The van der Waals surface area contributed by atoms with E-state index in [1.807, 2.05) is 0 Å². The predicted molar refractivity (Wildman–Crippen MR) is 59.5 cm³/mol. The third kappa shape index (κ3) is 2.01. The molecule has 1 fully saturated rings. The Labute approximate surface area is 102 Å². The van der Waals surface area contributed by atoms with Crippen molar-refractivity contribution in [3.05, 3.63) is 22.6 Å². The van der Waals surface area contributed by atoms with E-state index in [9.17, 15) is 10.4 Å². The van der Waals surface area contributed by atoms with Crippen molar-refractivity contribution in [2.75, 3.05) is 13.2 Å². The maximum Gasteiger partial charge on any atom is 0.169 e. The van der Waals surface area contributed by atoms with Crippen LogP contribution in [0.2, 0.25) is 0 Å². The molecule has 1 atom stereocenters. The fraction of sp³-hybridized carbons (Fsp3) is 0.545. The van der Waals surface area contributed by atoms with Gasteiger partial charge in [0.2, 0.25) is 0 Å². The lowest BCUT2D eigenvalue weighted by Gasteiger charge is -2.33. The van der Waals surface area contributed by atoms with Crippen LogP contribution in [0.15, 0.2) is 21.2 Å². The van der Waals surface area contributed by atoms with E-state index in [2.05, 4.69) is 22.0 Å². The van der Waals surface area contributed by atoms with Crippen LogP contribution >= 0.6 is 15.9 Å². The van der Waals surface area contributed by atoms with Gasteiger partial charge >= 0.3 is 0 Å². The zero-order valence-electron chi connectivity index (χ0n) is 8.65. The SMILES string of the molecule is N#CC1(C(O)c2ccc(Br)o2)CCOCC1. The minimum atomic E-state index is -0.896. The Bertz CT molecular complexity index is 404. The van der Waals surface area contributed by atoms with E-state index in [1.54, 1.807) is 12.1 Å². The van der Waals surface area contributed by atoms with Gasteiger partial charge in [-0.05, 0) is 40.9 Å². The maximum absolute atomic E-state index is 10.2. The van der Waals surface area contributed by atoms with Gasteiger partial charge in [0.15, 0.2) is 4.67 Å². The quantitative estimate of drug-likeness (QED) is 0.906. The highest BCUT2D eigenvalue weighted by Gasteiger charge is 2.42. The molecule has 0 saturated carbocycles. The van der Waals surface area contributed by atoms with Gasteiger partial charge in [-0.25, -0.2) is 0 Å². The molecular weight excluding hydrogens is 274 g/mol. The van der Waals surface area contributed by atoms with Crippen molar-refractivity contribution in [1.82, 2.24) is 0 Å². The predicted octanol–water partition coefficient (Wildman–Crippen LogP) is 2.40. The summed E-state index contributed by atoms with van der Waals surface area (Å²) in [5.74, 6) is 0.426. The van der Waals surface area contributed by atoms with Crippen LogP contribution in [0.5, 0.6) is 0 Å². The molecule has 0 aliphatic carbocycles. The zero-order valence-corrected chi connectivity index (χ0v) is 10.2. The molecule has 1 aromatic rings. The molecule has 4 nitrogen and oxygen atoms in total. The molecule has 1 aromatic heterocycles. The van der Waals surface area contributed by atoms with E-state index in [-0.39, 0.29) is 0 Å². The molecule has 0 spiro atoms. The van der Waals surface area contributed by atoms with Gasteiger partial charge in [-0.15, -0.1) is 0 Å². The summed E-state index contributed by atoms with van der Waals surface area (Å²) in [4.78, 5) is 0. The molecule has 0 bridgehead atoms. The van der Waals surface area contributed by atoms with Crippen molar-refractivity contribution in [3.8, 4) is 6.07 Å². The molecule has 1 unspecified atom stereocenters. The summed E-state index contributed by atoms with van der Waals surface area (Å²) in [7, 11) is 0. The van der Waals surface area contributed by atoms with Crippen LogP contribution in [0.1, 0.15) is 24.7 Å². The van der Waals surface area contributed by atoms with Crippen molar-refractivity contribution in [2.24, 2.45) is 5.41 Å². The lowest BCUT2D eigenvalue weighted by atomic mass is 9.76. The Morgan fingerprint density at radius 1 is 1.44 bits per heavy atom. The average molecular weight is 286 g/mol. The molecule has 5 heteroatoms. The topological polar surface area (TPSA) is 66.4 Å². The van der Waals surface area contributed by atoms with Crippen LogP contribution in [-0.2, 0) is 4.74 Å². The second kappa shape index (κ2) is 4.58. The van der Waals surface area contributed by atoms with E-state index in [4.69, 9.17) is 9.15 Å². The Morgan fingerprint density at radius 2 is 2.12 bits per heavy atom. The number of nitrogens with zero attached hydrogens (tertiary/aromatic N) is 1. The van der Waals surface area contributed by atoms with Crippen molar-refractivity contribution < 1.29 is 14.3 Å². The molecule has 16 heavy (non-hydrogen) atoms. The number of aliphatic hydroxyl groups is 1. The standard InChI is InChI=1S/C11H12BrNO3/c12-9-2-1-8(16-9)10(14)11(7-13)3-5-15-6-4-11/h1-2,10,14H,3-6H2. The van der Waals surface area contributed by atoms with Crippen molar-refractivity contribution >= 4 is 15.9 Å². The van der Waals surface area contributed by atoms with Crippen LogP contribution in [0.3, 0.4) is 0 Å². The summed E-state index contributed by atoms with van der Waals surface area (Å²) < 4.78 is 11.1. The summed E-state index contributed by atoms with van der Waals surface area (Å²) in [5, 5.41) is 19.5. The van der Waals surface area contributed by atoms with E-state index < -0.39 is 11.5 Å². The third-order valence-corrected chi connectivity index (χ3v) is 3.42. The number of nitriles is 1. The molecule has 2 heterocycles. The fourth-order valence-corrected chi connectivity index (χ4v) is 2.25. The van der Waals surface area contributed by atoms with Gasteiger partial charge in [0, 0.05) is 13.2 Å². The number of aliphatic hydroxyl groups excluding tert-OH is 1. The average Bonchev–Trinajstić information content (AvgIpc) is 2.76. The summed E-state index contributed by atoms with van der Waals surface area (Å²) in [6.07, 6.45) is 0.166. The smallest absolute Gasteiger partial charge is 0.169 e. The first-order valence-electron chi connectivity index (χ1n) is 5.10. The summed E-state index contributed by atoms with van der Waals surface area (Å²) in [5.41, 5.74) is -0.782. The van der Waals surface area contributed by atoms with Crippen LogP contribution in [0, 0.1) is 16.7 Å². The first kappa shape index (κ1) is 11.6. The largest absolute Gasteiger partial charge is 0.452 e. The second-order valence-electron chi connectivity index (χ2n) is 3.92. The highest BCUT2D eigenvalue weighted by molar-refractivity contribution is 9.10. The Balaban J connectivity index is 2.24. The third-order valence-electron chi connectivity index (χ3n) is 2.99. The van der Waals surface area contributed by atoms with E-state index >= 15 is 0 Å². The Morgan fingerprint density at radius 3 is 2.62 bits per heavy atom. The molecule has 2 rings (SSSR count).